The highest BCUT2D eigenvalue weighted by atomic mass is 16.1. The summed E-state index contributed by atoms with van der Waals surface area (Å²) in [5, 5.41) is 0. The van der Waals surface area contributed by atoms with Gasteiger partial charge in [0, 0.05) is 24.2 Å². The number of Topliss-reactive ketones (excluding diaryl/α,β-unsaturated/α-hetero) is 1. The molecule has 0 atom stereocenters. The summed E-state index contributed by atoms with van der Waals surface area (Å²) in [6.45, 7) is 5.81. The average molecular weight is 177 g/mol. The number of hydrogen-bond donors (Lipinski definition) is 0. The quantitative estimate of drug-likeness (QED) is 0.693. The third-order valence-corrected chi connectivity index (χ3v) is 1.92. The fourth-order valence-corrected chi connectivity index (χ4v) is 0.953. The first kappa shape index (κ1) is 9.90. The monoisotopic (exact) mass is 177 g/mol. The van der Waals surface area contributed by atoms with Crippen LogP contribution in [0.15, 0.2) is 24.5 Å². The average Bonchev–Trinajstić information content (AvgIpc) is 2.04. The Balaban J connectivity index is 2.66. The van der Waals surface area contributed by atoms with Crippen molar-refractivity contribution in [3.05, 3.63) is 30.1 Å². The van der Waals surface area contributed by atoms with Crippen LogP contribution in [0.3, 0.4) is 0 Å². The van der Waals surface area contributed by atoms with Crippen LogP contribution >= 0.6 is 0 Å². The second-order valence-corrected chi connectivity index (χ2v) is 4.21. The molecule has 13 heavy (non-hydrogen) atoms. The van der Waals surface area contributed by atoms with Crippen molar-refractivity contribution in [1.82, 2.24) is 4.98 Å². The Kier molecular flexibility index (Phi) is 2.81. The Morgan fingerprint density at radius 3 is 2.62 bits per heavy atom. The minimum Gasteiger partial charge on any atom is -0.299 e. The number of carbonyl (C=O) groups excluding carboxylic acids is 1. The summed E-state index contributed by atoms with van der Waals surface area (Å²) in [6, 6.07) is 3.78. The number of hydrogen-bond acceptors (Lipinski definition) is 2. The van der Waals surface area contributed by atoms with Crippen molar-refractivity contribution in [2.45, 2.75) is 27.2 Å². The molecule has 0 N–H and O–H groups in total. The summed E-state index contributed by atoms with van der Waals surface area (Å²) in [4.78, 5) is 15.6. The number of pyridine rings is 1. The molecule has 0 saturated carbocycles. The maximum atomic E-state index is 11.6. The lowest BCUT2D eigenvalue weighted by molar-refractivity contribution is -0.125. The maximum absolute atomic E-state index is 11.6. The van der Waals surface area contributed by atoms with Crippen molar-refractivity contribution >= 4 is 5.78 Å². The van der Waals surface area contributed by atoms with Crippen molar-refractivity contribution in [2.24, 2.45) is 5.41 Å². The van der Waals surface area contributed by atoms with Gasteiger partial charge in [0.15, 0.2) is 0 Å². The Bertz CT molecular complexity index is 285. The van der Waals surface area contributed by atoms with Gasteiger partial charge in [-0.15, -0.1) is 0 Å². The van der Waals surface area contributed by atoms with Gasteiger partial charge in [-0.25, -0.2) is 0 Å². The van der Waals surface area contributed by atoms with E-state index in [1.54, 1.807) is 12.4 Å². The molecule has 0 aliphatic carbocycles. The van der Waals surface area contributed by atoms with E-state index in [9.17, 15) is 4.79 Å². The molecule has 2 heteroatoms. The van der Waals surface area contributed by atoms with Crippen LogP contribution in [-0.4, -0.2) is 10.8 Å². The standard InChI is InChI=1S/C11H15NO/c1-11(2,3)10(13)7-9-5-4-6-12-8-9/h4-6,8H,7H2,1-3H3. The van der Waals surface area contributed by atoms with Crippen molar-refractivity contribution in [2.75, 3.05) is 0 Å². The molecule has 0 unspecified atom stereocenters. The van der Waals surface area contributed by atoms with Gasteiger partial charge in [-0.2, -0.15) is 0 Å². The number of rotatable bonds is 2. The van der Waals surface area contributed by atoms with Crippen LogP contribution in [0.5, 0.6) is 0 Å². The molecule has 70 valence electrons. The third-order valence-electron chi connectivity index (χ3n) is 1.92. The molecule has 0 fully saturated rings. The molecule has 0 bridgehead atoms. The summed E-state index contributed by atoms with van der Waals surface area (Å²) >= 11 is 0. The lowest BCUT2D eigenvalue weighted by Gasteiger charge is -2.15. The number of ketones is 1. The van der Waals surface area contributed by atoms with Gasteiger partial charge < -0.3 is 0 Å². The van der Waals surface area contributed by atoms with Crippen LogP contribution in [0.25, 0.3) is 0 Å². The summed E-state index contributed by atoms with van der Waals surface area (Å²) in [7, 11) is 0. The van der Waals surface area contributed by atoms with E-state index in [1.807, 2.05) is 32.9 Å². The zero-order chi connectivity index (χ0) is 9.90. The summed E-state index contributed by atoms with van der Waals surface area (Å²) in [5.74, 6) is 0.250. The molecule has 0 spiro atoms. The molecule has 1 rings (SSSR count). The summed E-state index contributed by atoms with van der Waals surface area (Å²) in [5.41, 5.74) is 0.734. The lowest BCUT2D eigenvalue weighted by Crippen LogP contribution is -2.22. The highest BCUT2D eigenvalue weighted by Gasteiger charge is 2.20. The van der Waals surface area contributed by atoms with Crippen LogP contribution in [0.1, 0.15) is 26.3 Å². The first-order valence-electron chi connectivity index (χ1n) is 4.42. The number of aromatic nitrogens is 1. The van der Waals surface area contributed by atoms with Gasteiger partial charge in [0.1, 0.15) is 5.78 Å². The highest BCUT2D eigenvalue weighted by molar-refractivity contribution is 5.85. The van der Waals surface area contributed by atoms with Crippen molar-refractivity contribution in [3.63, 3.8) is 0 Å². The zero-order valence-corrected chi connectivity index (χ0v) is 8.37. The number of carbonyl (C=O) groups is 1. The predicted octanol–water partition coefficient (Wildman–Crippen LogP) is 2.24. The molecule has 0 saturated heterocycles. The minimum absolute atomic E-state index is 0.250. The zero-order valence-electron chi connectivity index (χ0n) is 8.37. The molecule has 0 amide bonds. The molecule has 1 aromatic rings. The van der Waals surface area contributed by atoms with Crippen molar-refractivity contribution < 1.29 is 4.79 Å². The molecule has 0 radical (unpaired) electrons. The van der Waals surface area contributed by atoms with Crippen molar-refractivity contribution in [1.29, 1.82) is 0 Å². The Morgan fingerprint density at radius 1 is 1.46 bits per heavy atom. The van der Waals surface area contributed by atoms with Crippen LogP contribution in [0.2, 0.25) is 0 Å². The normalized spacial score (nSPS) is 11.3. The Labute approximate surface area is 79.0 Å². The Morgan fingerprint density at radius 2 is 2.15 bits per heavy atom. The van der Waals surface area contributed by atoms with E-state index in [-0.39, 0.29) is 11.2 Å². The smallest absolute Gasteiger partial charge is 0.142 e. The van der Waals surface area contributed by atoms with Crippen LogP contribution in [0.4, 0.5) is 0 Å². The predicted molar refractivity (Wildman–Crippen MR) is 52.4 cm³/mol. The van der Waals surface area contributed by atoms with E-state index < -0.39 is 0 Å². The number of nitrogens with zero attached hydrogens (tertiary/aromatic N) is 1. The molecule has 0 aromatic carbocycles. The van der Waals surface area contributed by atoms with Gasteiger partial charge in [-0.1, -0.05) is 26.8 Å². The molecule has 2 nitrogen and oxygen atoms in total. The lowest BCUT2D eigenvalue weighted by atomic mass is 9.87. The fourth-order valence-electron chi connectivity index (χ4n) is 0.953. The van der Waals surface area contributed by atoms with Crippen LogP contribution in [0, 0.1) is 5.41 Å². The van der Waals surface area contributed by atoms with Gasteiger partial charge in [-0.05, 0) is 11.6 Å². The minimum atomic E-state index is -0.254. The maximum Gasteiger partial charge on any atom is 0.142 e. The van der Waals surface area contributed by atoms with E-state index in [0.717, 1.165) is 5.56 Å². The summed E-state index contributed by atoms with van der Waals surface area (Å²) in [6.07, 6.45) is 3.94. The van der Waals surface area contributed by atoms with Gasteiger partial charge in [0.2, 0.25) is 0 Å². The van der Waals surface area contributed by atoms with Gasteiger partial charge in [0.05, 0.1) is 0 Å². The SMILES string of the molecule is CC(C)(C)C(=O)Cc1cccnc1. The van der Waals surface area contributed by atoms with Crippen LogP contribution in [-0.2, 0) is 11.2 Å². The molecular formula is C11H15NO. The van der Waals surface area contributed by atoms with E-state index in [2.05, 4.69) is 4.98 Å². The molecular weight excluding hydrogens is 162 g/mol. The van der Waals surface area contributed by atoms with Gasteiger partial charge >= 0.3 is 0 Å². The van der Waals surface area contributed by atoms with Gasteiger partial charge in [0.25, 0.3) is 0 Å². The molecule has 1 heterocycles. The largest absolute Gasteiger partial charge is 0.299 e. The third kappa shape index (κ3) is 2.98. The van der Waals surface area contributed by atoms with Gasteiger partial charge in [-0.3, -0.25) is 9.78 Å². The summed E-state index contributed by atoms with van der Waals surface area (Å²) < 4.78 is 0. The molecule has 1 aromatic heterocycles. The van der Waals surface area contributed by atoms with E-state index >= 15 is 0 Å². The van der Waals surface area contributed by atoms with Crippen molar-refractivity contribution in [3.8, 4) is 0 Å². The second-order valence-electron chi connectivity index (χ2n) is 4.21. The topological polar surface area (TPSA) is 30.0 Å². The van der Waals surface area contributed by atoms with E-state index in [1.165, 1.54) is 0 Å². The Hall–Kier alpha value is -1.18. The van der Waals surface area contributed by atoms with E-state index in [4.69, 9.17) is 0 Å². The second kappa shape index (κ2) is 3.69. The highest BCUT2D eigenvalue weighted by Crippen LogP contribution is 2.17. The first-order valence-corrected chi connectivity index (χ1v) is 4.42. The molecule has 0 aliphatic heterocycles. The molecule has 0 aliphatic rings. The first-order chi connectivity index (χ1) is 6.00. The van der Waals surface area contributed by atoms with Crippen LogP contribution < -0.4 is 0 Å². The van der Waals surface area contributed by atoms with E-state index in [0.29, 0.717) is 6.42 Å². The fraction of sp³-hybridized carbons (Fsp3) is 0.455.